The van der Waals surface area contributed by atoms with Gasteiger partial charge in [0.15, 0.2) is 0 Å². The van der Waals surface area contributed by atoms with Crippen LogP contribution in [0.25, 0.3) is 0 Å². The summed E-state index contributed by atoms with van der Waals surface area (Å²) >= 11 is 5.77. The normalized spacial score (nSPS) is 9.89. The molecular formula is C16H20BrClO. The maximum Gasteiger partial charge on any atom is 0.134 e. The van der Waals surface area contributed by atoms with Crippen LogP contribution in [-0.4, -0.2) is 5.11 Å². The van der Waals surface area contributed by atoms with Gasteiger partial charge in [0, 0.05) is 0 Å². The molecule has 1 nitrogen and oxygen atoms in total. The van der Waals surface area contributed by atoms with Crippen LogP contribution < -0.4 is 0 Å². The van der Waals surface area contributed by atoms with Crippen LogP contribution in [0.4, 0.5) is 0 Å². The fourth-order valence-corrected chi connectivity index (χ4v) is 1.54. The first-order valence-electron chi connectivity index (χ1n) is 5.90. The summed E-state index contributed by atoms with van der Waals surface area (Å²) in [5, 5.41) is 9.60. The molecule has 19 heavy (non-hydrogen) atoms. The van der Waals surface area contributed by atoms with Gasteiger partial charge < -0.3 is 5.11 Å². The fourth-order valence-electron chi connectivity index (χ4n) is 1.36. The van der Waals surface area contributed by atoms with Crippen LogP contribution in [0.1, 0.15) is 26.3 Å². The molecule has 0 fully saturated rings. The van der Waals surface area contributed by atoms with E-state index in [1.807, 2.05) is 42.5 Å². The minimum absolute atomic E-state index is 0. The maximum atomic E-state index is 9.18. The number of aromatic hydroxyl groups is 1. The molecule has 1 N–H and O–H groups in total. The van der Waals surface area contributed by atoms with Crippen LogP contribution in [0.2, 0.25) is 5.02 Å². The van der Waals surface area contributed by atoms with Crippen molar-refractivity contribution in [3.63, 3.8) is 0 Å². The number of phenolic OH excluding ortho intramolecular Hbond substituents is 1. The Hall–Kier alpha value is -0.990. The lowest BCUT2D eigenvalue weighted by Crippen LogP contribution is -2.10. The Morgan fingerprint density at radius 2 is 1.32 bits per heavy atom. The number of hydrogen-bond donors (Lipinski definition) is 1. The van der Waals surface area contributed by atoms with E-state index in [0.717, 1.165) is 5.56 Å². The highest BCUT2D eigenvalue weighted by molar-refractivity contribution is 8.93. The summed E-state index contributed by atoms with van der Waals surface area (Å²) in [5.41, 5.74) is 1.21. The molecule has 0 radical (unpaired) electrons. The van der Waals surface area contributed by atoms with Crippen LogP contribution in [0.3, 0.4) is 0 Å². The van der Waals surface area contributed by atoms with E-state index in [1.54, 1.807) is 12.1 Å². The molecule has 0 saturated heterocycles. The van der Waals surface area contributed by atoms with Crippen molar-refractivity contribution in [1.29, 1.82) is 0 Å². The molecule has 0 aliphatic heterocycles. The van der Waals surface area contributed by atoms with E-state index >= 15 is 0 Å². The van der Waals surface area contributed by atoms with E-state index < -0.39 is 0 Å². The van der Waals surface area contributed by atoms with Crippen LogP contribution in [0, 0.1) is 0 Å². The van der Waals surface area contributed by atoms with Crippen molar-refractivity contribution in [3.05, 3.63) is 65.2 Å². The van der Waals surface area contributed by atoms with Crippen molar-refractivity contribution in [3.8, 4) is 5.75 Å². The predicted octanol–water partition coefficient (Wildman–Crippen LogP) is 5.61. The molecule has 0 saturated carbocycles. The minimum atomic E-state index is 0. The van der Waals surface area contributed by atoms with Crippen molar-refractivity contribution >= 4 is 28.6 Å². The largest absolute Gasteiger partial charge is 0.506 e. The molecular weight excluding hydrogens is 324 g/mol. The lowest BCUT2D eigenvalue weighted by Gasteiger charge is -2.19. The van der Waals surface area contributed by atoms with Crippen LogP contribution in [0.15, 0.2) is 54.6 Å². The minimum Gasteiger partial charge on any atom is -0.506 e. The van der Waals surface area contributed by atoms with E-state index in [0.29, 0.717) is 5.02 Å². The first kappa shape index (κ1) is 18.0. The van der Waals surface area contributed by atoms with E-state index in [2.05, 4.69) is 20.8 Å². The zero-order chi connectivity index (χ0) is 13.6. The number of halogens is 2. The summed E-state index contributed by atoms with van der Waals surface area (Å²) in [5.74, 6) is 0.143. The number of rotatable bonds is 0. The Bertz CT molecular complexity index is 451. The van der Waals surface area contributed by atoms with E-state index in [1.165, 1.54) is 0 Å². The summed E-state index contributed by atoms with van der Waals surface area (Å²) in [4.78, 5) is 0. The summed E-state index contributed by atoms with van der Waals surface area (Å²) in [6.45, 7) is 6.32. The van der Waals surface area contributed by atoms with Crippen molar-refractivity contribution in [2.75, 3.05) is 0 Å². The molecule has 0 bridgehead atoms. The topological polar surface area (TPSA) is 20.2 Å². The van der Waals surface area contributed by atoms with Crippen LogP contribution in [-0.2, 0) is 5.41 Å². The smallest absolute Gasteiger partial charge is 0.134 e. The van der Waals surface area contributed by atoms with E-state index in [9.17, 15) is 5.11 Å². The molecule has 0 heterocycles. The molecule has 3 heteroatoms. The molecule has 2 rings (SSSR count). The summed E-state index contributed by atoms with van der Waals surface area (Å²) in [7, 11) is 0. The van der Waals surface area contributed by atoms with E-state index in [-0.39, 0.29) is 28.1 Å². The number of hydrogen-bond acceptors (Lipinski definition) is 1. The summed E-state index contributed by atoms with van der Waals surface area (Å²) in [6, 6.07) is 17.3. The molecule has 0 aliphatic rings. The van der Waals surface area contributed by atoms with Crippen LogP contribution in [0.5, 0.6) is 5.75 Å². The predicted molar refractivity (Wildman–Crippen MR) is 88.6 cm³/mol. The molecule has 0 unspecified atom stereocenters. The fraction of sp³-hybridized carbons (Fsp3) is 0.250. The molecule has 0 spiro atoms. The highest BCUT2D eigenvalue weighted by Crippen LogP contribution is 2.29. The Kier molecular flexibility index (Phi) is 7.81. The Balaban J connectivity index is 0.000000392. The summed E-state index contributed by atoms with van der Waals surface area (Å²) in [6.07, 6.45) is 0. The molecule has 0 atom stereocenters. The Morgan fingerprint density at radius 1 is 0.895 bits per heavy atom. The average molecular weight is 344 g/mol. The SMILES string of the molecule is Br.CC(C)(C)c1ccc(O)c(Cl)c1.c1ccccc1. The molecule has 0 amide bonds. The third kappa shape index (κ3) is 6.65. The Labute approximate surface area is 131 Å². The van der Waals surface area contributed by atoms with Gasteiger partial charge in [-0.15, -0.1) is 17.0 Å². The van der Waals surface area contributed by atoms with Gasteiger partial charge in [-0.05, 0) is 23.1 Å². The average Bonchev–Trinajstić information content (AvgIpc) is 2.34. The van der Waals surface area contributed by atoms with Crippen molar-refractivity contribution in [2.45, 2.75) is 26.2 Å². The van der Waals surface area contributed by atoms with Crippen LogP contribution >= 0.6 is 28.6 Å². The zero-order valence-corrected chi connectivity index (χ0v) is 13.9. The van der Waals surface area contributed by atoms with Gasteiger partial charge in [0.2, 0.25) is 0 Å². The van der Waals surface area contributed by atoms with E-state index in [4.69, 9.17) is 11.6 Å². The highest BCUT2D eigenvalue weighted by atomic mass is 79.9. The molecule has 104 valence electrons. The van der Waals surface area contributed by atoms with Gasteiger partial charge in [0.25, 0.3) is 0 Å². The van der Waals surface area contributed by atoms with Crippen molar-refractivity contribution in [2.24, 2.45) is 0 Å². The first-order chi connectivity index (χ1) is 8.41. The van der Waals surface area contributed by atoms with Crippen molar-refractivity contribution in [1.82, 2.24) is 0 Å². The maximum absolute atomic E-state index is 9.18. The molecule has 0 aliphatic carbocycles. The van der Waals surface area contributed by atoms with Gasteiger partial charge in [-0.2, -0.15) is 0 Å². The number of benzene rings is 2. The Morgan fingerprint density at radius 3 is 1.63 bits per heavy atom. The van der Waals surface area contributed by atoms with Crippen molar-refractivity contribution < 1.29 is 5.11 Å². The van der Waals surface area contributed by atoms with Gasteiger partial charge in [0.1, 0.15) is 5.75 Å². The van der Waals surface area contributed by atoms with Gasteiger partial charge in [0.05, 0.1) is 5.02 Å². The zero-order valence-electron chi connectivity index (χ0n) is 11.4. The summed E-state index contributed by atoms with van der Waals surface area (Å²) < 4.78 is 0. The molecule has 0 aromatic heterocycles. The number of phenols is 1. The quantitative estimate of drug-likeness (QED) is 0.659. The highest BCUT2D eigenvalue weighted by Gasteiger charge is 2.14. The van der Waals surface area contributed by atoms with Gasteiger partial charge in [-0.3, -0.25) is 0 Å². The van der Waals surface area contributed by atoms with Gasteiger partial charge in [-0.25, -0.2) is 0 Å². The monoisotopic (exact) mass is 342 g/mol. The second kappa shape index (κ2) is 8.23. The lowest BCUT2D eigenvalue weighted by atomic mass is 9.87. The standard InChI is InChI=1S/C10H13ClO.C6H6.BrH/c1-10(2,3)7-4-5-9(12)8(11)6-7;1-2-4-6-5-3-1;/h4-6,12H,1-3H3;1-6H;1H. The third-order valence-corrected chi connectivity index (χ3v) is 2.78. The van der Waals surface area contributed by atoms with Gasteiger partial charge in [-0.1, -0.05) is 74.8 Å². The third-order valence-electron chi connectivity index (χ3n) is 2.48. The molecule has 2 aromatic rings. The first-order valence-corrected chi connectivity index (χ1v) is 6.28. The van der Waals surface area contributed by atoms with Gasteiger partial charge >= 0.3 is 0 Å². The lowest BCUT2D eigenvalue weighted by molar-refractivity contribution is 0.474. The molecule has 2 aromatic carbocycles. The second-order valence-electron chi connectivity index (χ2n) is 5.07. The second-order valence-corrected chi connectivity index (χ2v) is 5.48.